The quantitative estimate of drug-likeness (QED) is 0.379. The average molecular weight is 164 g/mol. The summed E-state index contributed by atoms with van der Waals surface area (Å²) in [6, 6.07) is 5.72. The molecule has 0 saturated heterocycles. The smallest absolute Gasteiger partial charge is 0.280 e. The van der Waals surface area contributed by atoms with Crippen LogP contribution in [0.5, 0.6) is 0 Å². The van der Waals surface area contributed by atoms with Crippen molar-refractivity contribution >= 4 is 11.5 Å². The molecule has 0 N–H and O–H groups in total. The number of nitro benzene ring substituents is 1. The molecular formula is C8H6NO3. The molecule has 0 aromatic heterocycles. The maximum Gasteiger partial charge on any atom is 0.280 e. The van der Waals surface area contributed by atoms with Gasteiger partial charge in [0.25, 0.3) is 5.69 Å². The highest BCUT2D eigenvalue weighted by atomic mass is 16.6. The van der Waals surface area contributed by atoms with Crippen molar-refractivity contribution in [3.63, 3.8) is 0 Å². The summed E-state index contributed by atoms with van der Waals surface area (Å²) >= 11 is 0. The first-order valence-corrected chi connectivity index (χ1v) is 3.22. The lowest BCUT2D eigenvalue weighted by Crippen LogP contribution is -1.99. The van der Waals surface area contributed by atoms with Crippen molar-refractivity contribution in [1.29, 1.82) is 0 Å². The van der Waals surface area contributed by atoms with Crippen molar-refractivity contribution in [2.24, 2.45) is 0 Å². The van der Waals surface area contributed by atoms with Gasteiger partial charge >= 0.3 is 0 Å². The molecule has 61 valence electrons. The molecular weight excluding hydrogens is 158 g/mol. The fourth-order valence-electron chi connectivity index (χ4n) is 0.869. The Hall–Kier alpha value is -1.71. The second-order valence-electron chi connectivity index (χ2n) is 2.20. The van der Waals surface area contributed by atoms with Crippen molar-refractivity contribution < 1.29 is 9.72 Å². The summed E-state index contributed by atoms with van der Waals surface area (Å²) < 4.78 is 0. The van der Waals surface area contributed by atoms with E-state index in [-0.39, 0.29) is 11.3 Å². The normalized spacial score (nSPS) is 9.42. The van der Waals surface area contributed by atoms with E-state index in [9.17, 15) is 14.9 Å². The van der Waals surface area contributed by atoms with Crippen molar-refractivity contribution in [2.75, 3.05) is 0 Å². The second-order valence-corrected chi connectivity index (χ2v) is 2.20. The van der Waals surface area contributed by atoms with Crippen LogP contribution < -0.4 is 0 Å². The molecule has 1 aromatic rings. The van der Waals surface area contributed by atoms with Gasteiger partial charge in [0.15, 0.2) is 5.78 Å². The van der Waals surface area contributed by atoms with Crippen LogP contribution in [0.25, 0.3) is 0 Å². The van der Waals surface area contributed by atoms with Gasteiger partial charge < -0.3 is 0 Å². The van der Waals surface area contributed by atoms with Crippen molar-refractivity contribution in [3.8, 4) is 0 Å². The molecule has 0 aliphatic rings. The van der Waals surface area contributed by atoms with E-state index in [1.165, 1.54) is 18.2 Å². The summed E-state index contributed by atoms with van der Waals surface area (Å²) in [5, 5.41) is 10.4. The third kappa shape index (κ3) is 1.47. The number of nitro groups is 1. The minimum atomic E-state index is -0.599. The zero-order valence-electron chi connectivity index (χ0n) is 6.19. The van der Waals surface area contributed by atoms with Crippen molar-refractivity contribution in [1.82, 2.24) is 0 Å². The zero-order valence-corrected chi connectivity index (χ0v) is 6.19. The molecule has 0 atom stereocenters. The van der Waals surface area contributed by atoms with Gasteiger partial charge in [-0.05, 0) is 6.07 Å². The van der Waals surface area contributed by atoms with Crippen LogP contribution in [0.3, 0.4) is 0 Å². The molecule has 4 nitrogen and oxygen atoms in total. The Labute approximate surface area is 69.0 Å². The van der Waals surface area contributed by atoms with E-state index in [2.05, 4.69) is 6.92 Å². The van der Waals surface area contributed by atoms with Crippen LogP contribution in [0.15, 0.2) is 24.3 Å². The molecule has 0 heterocycles. The van der Waals surface area contributed by atoms with Crippen LogP contribution in [-0.4, -0.2) is 10.7 Å². The van der Waals surface area contributed by atoms with Crippen LogP contribution in [0.1, 0.15) is 10.4 Å². The van der Waals surface area contributed by atoms with E-state index in [0.29, 0.717) is 0 Å². The molecule has 0 aliphatic carbocycles. The monoisotopic (exact) mass is 164 g/mol. The predicted molar refractivity (Wildman–Crippen MR) is 42.8 cm³/mol. The van der Waals surface area contributed by atoms with Crippen molar-refractivity contribution in [2.45, 2.75) is 0 Å². The number of rotatable bonds is 2. The Kier molecular flexibility index (Phi) is 2.19. The molecule has 12 heavy (non-hydrogen) atoms. The molecule has 0 spiro atoms. The number of hydrogen-bond donors (Lipinski definition) is 0. The highest BCUT2D eigenvalue weighted by Crippen LogP contribution is 2.17. The van der Waals surface area contributed by atoms with Gasteiger partial charge in [0.2, 0.25) is 0 Å². The third-order valence-electron chi connectivity index (χ3n) is 1.40. The number of nitrogens with zero attached hydrogens (tertiary/aromatic N) is 1. The third-order valence-corrected chi connectivity index (χ3v) is 1.40. The summed E-state index contributed by atoms with van der Waals surface area (Å²) in [5.41, 5.74) is -0.153. The standard InChI is InChI=1S/C8H6NO3/c1-6(10)7-4-2-3-5-8(7)9(11)12/h2-5H,1H2. The van der Waals surface area contributed by atoms with Gasteiger partial charge in [0, 0.05) is 13.0 Å². The minimum Gasteiger partial charge on any atom is -0.294 e. The average Bonchev–Trinajstić information content (AvgIpc) is 2.04. The highest BCUT2D eigenvalue weighted by molar-refractivity contribution is 6.02. The SMILES string of the molecule is [CH2]C(=O)c1ccccc1[N+](=O)[O-]. The van der Waals surface area contributed by atoms with Gasteiger partial charge in [-0.1, -0.05) is 12.1 Å². The first kappa shape index (κ1) is 8.39. The van der Waals surface area contributed by atoms with E-state index in [0.717, 1.165) is 0 Å². The Morgan fingerprint density at radius 3 is 2.42 bits per heavy atom. The Balaban J connectivity index is 3.27. The highest BCUT2D eigenvalue weighted by Gasteiger charge is 2.14. The molecule has 4 heteroatoms. The number of ketones is 1. The number of Topliss-reactive ketones (excluding diaryl/α,β-unsaturated/α-hetero) is 1. The molecule has 0 saturated carbocycles. The summed E-state index contributed by atoms with van der Waals surface area (Å²) in [6.07, 6.45) is 0. The molecule has 1 aromatic carbocycles. The van der Waals surface area contributed by atoms with E-state index in [4.69, 9.17) is 0 Å². The maximum atomic E-state index is 10.8. The van der Waals surface area contributed by atoms with Gasteiger partial charge in [-0.3, -0.25) is 14.9 Å². The van der Waals surface area contributed by atoms with Crippen molar-refractivity contribution in [3.05, 3.63) is 46.9 Å². The first-order chi connectivity index (χ1) is 5.63. The largest absolute Gasteiger partial charge is 0.294 e. The summed E-state index contributed by atoms with van der Waals surface area (Å²) in [6.45, 7) is 3.11. The first-order valence-electron chi connectivity index (χ1n) is 3.22. The minimum absolute atomic E-state index is 0.0440. The Morgan fingerprint density at radius 1 is 1.42 bits per heavy atom. The number of carbonyl (C=O) groups excluding carboxylic acids is 1. The van der Waals surface area contributed by atoms with Gasteiger partial charge in [0.1, 0.15) is 0 Å². The summed E-state index contributed by atoms with van der Waals surface area (Å²) in [7, 11) is 0. The lowest BCUT2D eigenvalue weighted by atomic mass is 10.1. The molecule has 0 unspecified atom stereocenters. The number of para-hydroxylation sites is 1. The van der Waals surface area contributed by atoms with Crippen LogP contribution in [0, 0.1) is 17.0 Å². The van der Waals surface area contributed by atoms with Gasteiger partial charge in [0.05, 0.1) is 10.5 Å². The van der Waals surface area contributed by atoms with E-state index < -0.39 is 10.7 Å². The van der Waals surface area contributed by atoms with Gasteiger partial charge in [-0.15, -0.1) is 0 Å². The molecule has 0 fully saturated rings. The molecule has 0 bridgehead atoms. The fourth-order valence-corrected chi connectivity index (χ4v) is 0.869. The molecule has 0 amide bonds. The van der Waals surface area contributed by atoms with Crippen LogP contribution in [-0.2, 0) is 0 Å². The van der Waals surface area contributed by atoms with Crippen LogP contribution >= 0.6 is 0 Å². The maximum absolute atomic E-state index is 10.8. The van der Waals surface area contributed by atoms with E-state index in [1.807, 2.05) is 0 Å². The van der Waals surface area contributed by atoms with E-state index >= 15 is 0 Å². The zero-order chi connectivity index (χ0) is 9.14. The number of benzene rings is 1. The number of hydrogen-bond acceptors (Lipinski definition) is 3. The van der Waals surface area contributed by atoms with Gasteiger partial charge in [-0.2, -0.15) is 0 Å². The van der Waals surface area contributed by atoms with Gasteiger partial charge in [-0.25, -0.2) is 0 Å². The van der Waals surface area contributed by atoms with Crippen LogP contribution in [0.4, 0.5) is 5.69 Å². The lowest BCUT2D eigenvalue weighted by Gasteiger charge is -1.95. The predicted octanol–water partition coefficient (Wildman–Crippen LogP) is 1.61. The summed E-state index contributed by atoms with van der Waals surface area (Å²) in [4.78, 5) is 20.5. The summed E-state index contributed by atoms with van der Waals surface area (Å²) in [5.74, 6) is -0.540. The fraction of sp³-hybridized carbons (Fsp3) is 0. The van der Waals surface area contributed by atoms with Crippen LogP contribution in [0.2, 0.25) is 0 Å². The molecule has 1 rings (SSSR count). The Bertz CT molecular complexity index is 300. The molecule has 0 aliphatic heterocycles. The number of carbonyl (C=O) groups is 1. The Morgan fingerprint density at radius 2 is 2.00 bits per heavy atom. The van der Waals surface area contributed by atoms with E-state index in [1.54, 1.807) is 6.07 Å². The molecule has 1 radical (unpaired) electrons. The second kappa shape index (κ2) is 3.13. The lowest BCUT2D eigenvalue weighted by molar-refractivity contribution is -0.385. The topological polar surface area (TPSA) is 60.2 Å².